The van der Waals surface area contributed by atoms with Crippen LogP contribution in [0.3, 0.4) is 0 Å². The molecule has 0 spiro atoms. The number of rotatable bonds is 13. The molecule has 8 unspecified atom stereocenters. The van der Waals surface area contributed by atoms with Crippen molar-refractivity contribution in [2.24, 2.45) is 35.5 Å². The van der Waals surface area contributed by atoms with Gasteiger partial charge in [0.05, 0.1) is 44.9 Å². The molecule has 0 N–H and O–H groups in total. The van der Waals surface area contributed by atoms with Crippen molar-refractivity contribution in [3.8, 4) is 0 Å². The molecule has 14 nitrogen and oxygen atoms in total. The maximum Gasteiger partial charge on any atom is 0.512 e. The summed E-state index contributed by atoms with van der Waals surface area (Å²) in [7, 11) is 8.99. The van der Waals surface area contributed by atoms with Gasteiger partial charge in [0.1, 0.15) is 36.6 Å². The summed E-state index contributed by atoms with van der Waals surface area (Å²) in [6.45, 7) is 11.8. The van der Waals surface area contributed by atoms with Crippen LogP contribution >= 0.6 is 0 Å². The molecule has 0 bridgehead atoms. The number of hydrogen-bond donors (Lipinski definition) is 0. The van der Waals surface area contributed by atoms with E-state index in [0.29, 0.717) is 35.7 Å². The number of hydrogen-bond acceptors (Lipinski definition) is 13. The molecule has 350 valence electrons. The van der Waals surface area contributed by atoms with E-state index in [1.54, 1.807) is 35.2 Å². The Labute approximate surface area is 369 Å². The zero-order valence-corrected chi connectivity index (χ0v) is 39.1. The fourth-order valence-corrected chi connectivity index (χ4v) is 11.3. The Bertz CT molecular complexity index is 1610. The van der Waals surface area contributed by atoms with Crippen LogP contribution in [-0.4, -0.2) is 138 Å². The molecular formula is C48H76NO13+. The van der Waals surface area contributed by atoms with Crippen LogP contribution in [0.25, 0.3) is 0 Å². The van der Waals surface area contributed by atoms with Gasteiger partial charge in [-0.2, -0.15) is 0 Å². The number of carbonyl (C=O) groups excluding carboxylic acids is 3. The van der Waals surface area contributed by atoms with Crippen LogP contribution in [0, 0.1) is 35.5 Å². The van der Waals surface area contributed by atoms with Crippen LogP contribution in [-0.2, 0) is 57.0 Å². The number of nitrogens with zero attached hydrogens (tertiary/aromatic N) is 1. The van der Waals surface area contributed by atoms with Gasteiger partial charge in [0.2, 0.25) is 6.73 Å². The summed E-state index contributed by atoms with van der Waals surface area (Å²) in [6.07, 6.45) is 12.2. The molecule has 0 aromatic rings. The molecule has 0 amide bonds. The van der Waals surface area contributed by atoms with Crippen LogP contribution < -0.4 is 0 Å². The molecule has 3 aliphatic carbocycles. The average Bonchev–Trinajstić information content (AvgIpc) is 3.81. The van der Waals surface area contributed by atoms with Gasteiger partial charge >= 0.3 is 12.1 Å². The number of likely N-dealkylation sites (N-methyl/N-ethyl adjacent to an activating group) is 1. The van der Waals surface area contributed by atoms with E-state index in [0.717, 1.165) is 25.7 Å². The molecule has 6 rings (SSSR count). The predicted molar refractivity (Wildman–Crippen MR) is 229 cm³/mol. The Hall–Kier alpha value is -2.69. The number of fused-ring (bicyclic) bond motifs is 5. The van der Waals surface area contributed by atoms with E-state index in [1.165, 1.54) is 0 Å². The summed E-state index contributed by atoms with van der Waals surface area (Å²) in [5.41, 5.74) is 0.708. The first kappa shape index (κ1) is 48.8. The van der Waals surface area contributed by atoms with Crippen molar-refractivity contribution < 1.29 is 66.2 Å². The van der Waals surface area contributed by atoms with Crippen molar-refractivity contribution in [1.82, 2.24) is 0 Å². The van der Waals surface area contributed by atoms with Gasteiger partial charge in [-0.05, 0) is 102 Å². The van der Waals surface area contributed by atoms with Crippen LogP contribution in [0.15, 0.2) is 36.0 Å². The predicted octanol–water partition coefficient (Wildman–Crippen LogP) is 7.08. The van der Waals surface area contributed by atoms with Crippen LogP contribution in [0.1, 0.15) is 99.3 Å². The van der Waals surface area contributed by atoms with Gasteiger partial charge in [-0.3, -0.25) is 14.1 Å². The normalized spacial score (nSPS) is 40.5. The van der Waals surface area contributed by atoms with Gasteiger partial charge in [-0.1, -0.05) is 38.2 Å². The second-order valence-corrected chi connectivity index (χ2v) is 19.3. The molecule has 0 aromatic heterocycles. The third-order valence-corrected chi connectivity index (χ3v) is 14.4. The zero-order valence-electron chi connectivity index (χ0n) is 39.1. The topological polar surface area (TPSA) is 144 Å². The summed E-state index contributed by atoms with van der Waals surface area (Å²) in [5.74, 6) is -0.499. The van der Waals surface area contributed by atoms with Crippen molar-refractivity contribution in [2.45, 2.75) is 173 Å². The highest BCUT2D eigenvalue weighted by molar-refractivity contribution is 5.99. The standard InChI is InChI=1S/C48H76NO13/c1-12-13-15-32-16-14-17-40(62-42-21-20-39(29(5)58-42)49(7,8)26-56-48(52)57-27(2)3)28(4)43(51)38-24-36-34(37(38)25-41(50)60-32)19-18-31-22-33(23-35(31)36)61-47-46(55-11)45(54-10)44(53-9)30(6)59-47/h13,15,18-19,24,27-37,39-40,42,44-47H,12,14,16-17,20-23,25-26H2,1-11H3/q+1/b15-13+/t28-,29?,30?,31-,32+,33-,34-,35-,36-,37+,39?,40+,42?,44?,45?,46?,47?/m1/s1. The summed E-state index contributed by atoms with van der Waals surface area (Å²) in [4.78, 5) is 40.9. The van der Waals surface area contributed by atoms with Gasteiger partial charge < -0.3 is 47.4 Å². The molecule has 3 saturated heterocycles. The minimum absolute atomic E-state index is 0.0178. The number of quaternary nitrogens is 1. The molecule has 14 heteroatoms. The molecular weight excluding hydrogens is 799 g/mol. The second kappa shape index (κ2) is 21.5. The fraction of sp³-hybridized carbons (Fsp3) is 0.812. The third kappa shape index (κ3) is 11.2. The molecule has 1 saturated carbocycles. The number of cyclic esters (lactones) is 1. The first-order valence-electron chi connectivity index (χ1n) is 23.3. The van der Waals surface area contributed by atoms with E-state index in [-0.39, 0.29) is 103 Å². The Morgan fingerprint density at radius 1 is 0.887 bits per heavy atom. The minimum Gasteiger partial charge on any atom is -0.458 e. The summed E-state index contributed by atoms with van der Waals surface area (Å²) in [5, 5.41) is 0. The van der Waals surface area contributed by atoms with Gasteiger partial charge in [0.25, 0.3) is 0 Å². The maximum atomic E-state index is 14.9. The smallest absolute Gasteiger partial charge is 0.458 e. The Morgan fingerprint density at radius 2 is 1.63 bits per heavy atom. The third-order valence-electron chi connectivity index (χ3n) is 14.4. The van der Waals surface area contributed by atoms with Crippen molar-refractivity contribution in [3.05, 3.63) is 36.0 Å². The number of allylic oxidation sites excluding steroid dienone is 5. The Balaban J connectivity index is 1.18. The molecule has 3 aliphatic heterocycles. The first-order valence-corrected chi connectivity index (χ1v) is 23.3. The lowest BCUT2D eigenvalue weighted by Crippen LogP contribution is -2.59. The lowest BCUT2D eigenvalue weighted by Gasteiger charge is -2.44. The highest BCUT2D eigenvalue weighted by atomic mass is 16.7. The highest BCUT2D eigenvalue weighted by Crippen LogP contribution is 2.54. The van der Waals surface area contributed by atoms with Gasteiger partial charge in [-0.15, -0.1) is 0 Å². The molecule has 3 heterocycles. The van der Waals surface area contributed by atoms with Crippen LogP contribution in [0.5, 0.6) is 0 Å². The SMILES string of the molecule is CC/C=C/[C@H]1CCC[C@H](OC2CCC([N+](C)(C)COC(=O)OC(C)C)C(C)O2)[C@@H](C)C(=O)C2=C[C@@H]3[C@@H](C=C[C@@H]4C[C@@H](OC5OC(C)C(OC)C(OC)C5OC)C[C@@H]34)[C@@H]2CC(=O)O1. The lowest BCUT2D eigenvalue weighted by molar-refractivity contribution is -0.936. The number of carbonyl (C=O) groups is 3. The molecule has 17 atom stereocenters. The Kier molecular flexibility index (Phi) is 16.9. The van der Waals surface area contributed by atoms with Crippen molar-refractivity contribution >= 4 is 17.9 Å². The van der Waals surface area contributed by atoms with E-state index < -0.39 is 36.9 Å². The minimum atomic E-state index is -0.682. The van der Waals surface area contributed by atoms with Crippen LogP contribution in [0.2, 0.25) is 0 Å². The van der Waals surface area contributed by atoms with Crippen molar-refractivity contribution in [1.29, 1.82) is 0 Å². The van der Waals surface area contributed by atoms with E-state index in [2.05, 4.69) is 31.2 Å². The number of Topliss-reactive ketones (excluding diaryl/α,β-unsaturated/α-hetero) is 1. The van der Waals surface area contributed by atoms with E-state index in [1.807, 2.05) is 40.9 Å². The first-order chi connectivity index (χ1) is 29.6. The van der Waals surface area contributed by atoms with Gasteiger partial charge in [0.15, 0.2) is 18.4 Å². The van der Waals surface area contributed by atoms with E-state index >= 15 is 0 Å². The van der Waals surface area contributed by atoms with E-state index in [4.69, 9.17) is 47.4 Å². The second-order valence-electron chi connectivity index (χ2n) is 19.3. The number of methoxy groups -OCH3 is 3. The highest BCUT2D eigenvalue weighted by Gasteiger charge is 2.53. The zero-order chi connectivity index (χ0) is 44.9. The molecule has 4 fully saturated rings. The molecule has 0 radical (unpaired) electrons. The van der Waals surface area contributed by atoms with E-state index in [9.17, 15) is 14.4 Å². The lowest BCUT2D eigenvalue weighted by atomic mass is 9.70. The maximum absolute atomic E-state index is 14.9. The molecule has 6 aliphatic rings. The van der Waals surface area contributed by atoms with Crippen molar-refractivity contribution in [3.63, 3.8) is 0 Å². The summed E-state index contributed by atoms with van der Waals surface area (Å²) >= 11 is 0. The number of ether oxygens (including phenoxy) is 10. The van der Waals surface area contributed by atoms with Gasteiger partial charge in [0, 0.05) is 46.0 Å². The Morgan fingerprint density at radius 3 is 2.31 bits per heavy atom. The van der Waals surface area contributed by atoms with Gasteiger partial charge in [-0.25, -0.2) is 4.79 Å². The van der Waals surface area contributed by atoms with Crippen molar-refractivity contribution in [2.75, 3.05) is 42.2 Å². The average molecular weight is 875 g/mol. The number of esters is 1. The monoisotopic (exact) mass is 875 g/mol. The van der Waals surface area contributed by atoms with Crippen LogP contribution in [0.4, 0.5) is 4.79 Å². The molecule has 0 aromatic carbocycles. The quantitative estimate of drug-likeness (QED) is 0.0806. The largest absolute Gasteiger partial charge is 0.512 e. The fourth-order valence-electron chi connectivity index (χ4n) is 11.3. The molecule has 62 heavy (non-hydrogen) atoms. The number of ketones is 1. The summed E-state index contributed by atoms with van der Waals surface area (Å²) < 4.78 is 61.1. The summed E-state index contributed by atoms with van der Waals surface area (Å²) in [6, 6.07) is 0.0496.